The fraction of sp³-hybridized carbons (Fsp3) is 0.500. The van der Waals surface area contributed by atoms with Crippen LogP contribution in [0.4, 0.5) is 14.5 Å². The van der Waals surface area contributed by atoms with Crippen molar-refractivity contribution in [3.63, 3.8) is 0 Å². The second-order valence-corrected chi connectivity index (χ2v) is 4.68. The molecular weight excluding hydrogens is 196 g/mol. The number of halogens is 2. The number of hydrogen-bond acceptors (Lipinski definition) is 1. The molecule has 1 fully saturated rings. The molecular formula is C12H15F2N. The van der Waals surface area contributed by atoms with E-state index in [9.17, 15) is 8.78 Å². The van der Waals surface area contributed by atoms with Gasteiger partial charge in [0.1, 0.15) is 11.6 Å². The van der Waals surface area contributed by atoms with Crippen molar-refractivity contribution in [1.82, 2.24) is 0 Å². The molecule has 1 N–H and O–H groups in total. The van der Waals surface area contributed by atoms with Crippen LogP contribution in [0.15, 0.2) is 18.2 Å². The van der Waals surface area contributed by atoms with Crippen LogP contribution in [0.25, 0.3) is 0 Å². The van der Waals surface area contributed by atoms with Gasteiger partial charge in [-0.1, -0.05) is 6.92 Å². The monoisotopic (exact) mass is 211 g/mol. The lowest BCUT2D eigenvalue weighted by Gasteiger charge is -2.21. The van der Waals surface area contributed by atoms with Crippen LogP contribution in [0, 0.1) is 17.0 Å². The lowest BCUT2D eigenvalue weighted by atomic mass is 10.0. The van der Waals surface area contributed by atoms with E-state index in [0.29, 0.717) is 11.1 Å². The maximum absolute atomic E-state index is 12.9. The van der Waals surface area contributed by atoms with Gasteiger partial charge in [-0.05, 0) is 37.3 Å². The summed E-state index contributed by atoms with van der Waals surface area (Å²) in [5, 5.41) is 3.15. The average Bonchev–Trinajstić information content (AvgIpc) is 2.83. The quantitative estimate of drug-likeness (QED) is 0.806. The highest BCUT2D eigenvalue weighted by atomic mass is 19.1. The fourth-order valence-corrected chi connectivity index (χ4v) is 1.69. The third kappa shape index (κ3) is 2.28. The van der Waals surface area contributed by atoms with E-state index >= 15 is 0 Å². The molecule has 2 rings (SSSR count). The Balaban J connectivity index is 2.10. The van der Waals surface area contributed by atoms with Crippen LogP contribution in [-0.2, 0) is 0 Å². The van der Waals surface area contributed by atoms with Crippen molar-refractivity contribution in [1.29, 1.82) is 0 Å². The highest BCUT2D eigenvalue weighted by Crippen LogP contribution is 2.48. The Morgan fingerprint density at radius 1 is 1.20 bits per heavy atom. The number of benzene rings is 1. The molecule has 1 aliphatic rings. The van der Waals surface area contributed by atoms with Crippen molar-refractivity contribution in [3.05, 3.63) is 29.8 Å². The summed E-state index contributed by atoms with van der Waals surface area (Å²) in [4.78, 5) is 0. The van der Waals surface area contributed by atoms with Gasteiger partial charge in [-0.15, -0.1) is 0 Å². The first-order valence-corrected chi connectivity index (χ1v) is 5.22. The van der Waals surface area contributed by atoms with Gasteiger partial charge in [0.25, 0.3) is 0 Å². The largest absolute Gasteiger partial charge is 0.382 e. The van der Waals surface area contributed by atoms with Gasteiger partial charge in [-0.2, -0.15) is 0 Å². The SMILES string of the molecule is CC(Nc1cc(F)cc(F)c1)C1(C)CC1. The number of rotatable bonds is 3. The van der Waals surface area contributed by atoms with Crippen LogP contribution < -0.4 is 5.32 Å². The molecule has 82 valence electrons. The Kier molecular flexibility index (Phi) is 2.41. The normalized spacial score (nSPS) is 19.7. The molecule has 0 saturated heterocycles. The Bertz CT molecular complexity index is 352. The van der Waals surface area contributed by atoms with Crippen molar-refractivity contribution in [2.75, 3.05) is 5.32 Å². The summed E-state index contributed by atoms with van der Waals surface area (Å²) in [6.45, 7) is 4.23. The second kappa shape index (κ2) is 3.47. The van der Waals surface area contributed by atoms with Crippen LogP contribution >= 0.6 is 0 Å². The van der Waals surface area contributed by atoms with Gasteiger partial charge in [0.2, 0.25) is 0 Å². The Labute approximate surface area is 88.5 Å². The molecule has 1 atom stereocenters. The zero-order valence-corrected chi connectivity index (χ0v) is 8.98. The summed E-state index contributed by atoms with van der Waals surface area (Å²) in [7, 11) is 0. The summed E-state index contributed by atoms with van der Waals surface area (Å²) >= 11 is 0. The Morgan fingerprint density at radius 3 is 2.20 bits per heavy atom. The molecule has 0 heterocycles. The van der Waals surface area contributed by atoms with E-state index in [1.807, 2.05) is 0 Å². The Hall–Kier alpha value is -1.12. The smallest absolute Gasteiger partial charge is 0.128 e. The second-order valence-electron chi connectivity index (χ2n) is 4.68. The number of nitrogens with one attached hydrogen (secondary N) is 1. The van der Waals surface area contributed by atoms with Crippen molar-refractivity contribution >= 4 is 5.69 Å². The molecule has 1 aromatic carbocycles. The maximum atomic E-state index is 12.9. The minimum atomic E-state index is -0.536. The van der Waals surface area contributed by atoms with E-state index in [1.165, 1.54) is 25.0 Å². The third-order valence-electron chi connectivity index (χ3n) is 3.33. The standard InChI is InChI=1S/C12H15F2N/c1-8(12(2)3-4-12)15-11-6-9(13)5-10(14)7-11/h5-8,15H,3-4H2,1-2H3. The van der Waals surface area contributed by atoms with Crippen LogP contribution in [-0.4, -0.2) is 6.04 Å². The van der Waals surface area contributed by atoms with Crippen LogP contribution in [0.1, 0.15) is 26.7 Å². The average molecular weight is 211 g/mol. The number of anilines is 1. The molecule has 1 saturated carbocycles. The molecule has 0 amide bonds. The first-order chi connectivity index (χ1) is 6.99. The molecule has 15 heavy (non-hydrogen) atoms. The minimum Gasteiger partial charge on any atom is -0.382 e. The van der Waals surface area contributed by atoms with Gasteiger partial charge in [0.05, 0.1) is 0 Å². The van der Waals surface area contributed by atoms with Crippen LogP contribution in [0.2, 0.25) is 0 Å². The highest BCUT2D eigenvalue weighted by Gasteiger charge is 2.42. The molecule has 0 aromatic heterocycles. The van der Waals surface area contributed by atoms with E-state index in [-0.39, 0.29) is 6.04 Å². The van der Waals surface area contributed by atoms with E-state index in [4.69, 9.17) is 0 Å². The molecule has 1 aromatic rings. The van der Waals surface area contributed by atoms with E-state index in [0.717, 1.165) is 6.07 Å². The predicted octanol–water partition coefficient (Wildman–Crippen LogP) is 3.57. The molecule has 1 aliphatic carbocycles. The lowest BCUT2D eigenvalue weighted by Crippen LogP contribution is -2.24. The van der Waals surface area contributed by atoms with Gasteiger partial charge < -0.3 is 5.32 Å². The predicted molar refractivity (Wildman–Crippen MR) is 56.8 cm³/mol. The van der Waals surface area contributed by atoms with E-state index in [1.54, 1.807) is 0 Å². The summed E-state index contributed by atoms with van der Waals surface area (Å²) in [5.41, 5.74) is 0.816. The topological polar surface area (TPSA) is 12.0 Å². The molecule has 0 radical (unpaired) electrons. The summed E-state index contributed by atoms with van der Waals surface area (Å²) in [6, 6.07) is 3.78. The maximum Gasteiger partial charge on any atom is 0.128 e. The molecule has 0 bridgehead atoms. The van der Waals surface area contributed by atoms with Gasteiger partial charge in [0, 0.05) is 17.8 Å². The van der Waals surface area contributed by atoms with Crippen LogP contribution in [0.3, 0.4) is 0 Å². The summed E-state index contributed by atoms with van der Waals surface area (Å²) in [6.07, 6.45) is 2.36. The van der Waals surface area contributed by atoms with E-state index in [2.05, 4.69) is 19.2 Å². The van der Waals surface area contributed by atoms with Crippen molar-refractivity contribution in [3.8, 4) is 0 Å². The van der Waals surface area contributed by atoms with Crippen LogP contribution in [0.5, 0.6) is 0 Å². The molecule has 3 heteroatoms. The van der Waals surface area contributed by atoms with Crippen molar-refractivity contribution < 1.29 is 8.78 Å². The number of hydrogen-bond donors (Lipinski definition) is 1. The van der Waals surface area contributed by atoms with E-state index < -0.39 is 11.6 Å². The zero-order chi connectivity index (χ0) is 11.1. The first kappa shape index (κ1) is 10.4. The molecule has 0 spiro atoms. The highest BCUT2D eigenvalue weighted by molar-refractivity contribution is 5.45. The van der Waals surface area contributed by atoms with Gasteiger partial charge in [0.15, 0.2) is 0 Å². The van der Waals surface area contributed by atoms with Gasteiger partial charge in [-0.25, -0.2) is 8.78 Å². The minimum absolute atomic E-state index is 0.249. The third-order valence-corrected chi connectivity index (χ3v) is 3.33. The molecule has 1 unspecified atom stereocenters. The fourth-order valence-electron chi connectivity index (χ4n) is 1.69. The Morgan fingerprint density at radius 2 is 1.73 bits per heavy atom. The van der Waals surface area contributed by atoms with Gasteiger partial charge >= 0.3 is 0 Å². The summed E-state index contributed by atoms with van der Waals surface area (Å²) < 4.78 is 25.8. The molecule has 0 aliphatic heterocycles. The lowest BCUT2D eigenvalue weighted by molar-refractivity contribution is 0.492. The van der Waals surface area contributed by atoms with Crippen molar-refractivity contribution in [2.24, 2.45) is 5.41 Å². The summed E-state index contributed by atoms with van der Waals surface area (Å²) in [5.74, 6) is -1.07. The van der Waals surface area contributed by atoms with Gasteiger partial charge in [-0.3, -0.25) is 0 Å². The van der Waals surface area contributed by atoms with Crippen molar-refractivity contribution in [2.45, 2.75) is 32.7 Å². The molecule has 1 nitrogen and oxygen atoms in total. The zero-order valence-electron chi connectivity index (χ0n) is 8.98. The first-order valence-electron chi connectivity index (χ1n) is 5.22.